The van der Waals surface area contributed by atoms with Crippen LogP contribution in [0.5, 0.6) is 0 Å². The molecule has 1 rings (SSSR count). The Kier molecular flexibility index (Phi) is 7.92. The molecule has 1 unspecified atom stereocenters. The van der Waals surface area contributed by atoms with E-state index in [4.69, 9.17) is 9.47 Å². The fourth-order valence-corrected chi connectivity index (χ4v) is 2.16. The summed E-state index contributed by atoms with van der Waals surface area (Å²) in [5.74, 6) is -0.173. The maximum atomic E-state index is 11.8. The average molecular weight is 279 g/mol. The van der Waals surface area contributed by atoms with Gasteiger partial charge in [0.05, 0.1) is 19.6 Å². The molecule has 0 spiro atoms. The maximum absolute atomic E-state index is 11.8. The van der Waals surface area contributed by atoms with Gasteiger partial charge in [-0.15, -0.1) is 0 Å². The Labute approximate surface area is 121 Å². The Hall–Kier alpha value is -1.39. The molecule has 4 heteroatoms. The molecule has 4 nitrogen and oxygen atoms in total. The zero-order chi connectivity index (χ0) is 14.8. The molecule has 0 saturated heterocycles. The van der Waals surface area contributed by atoms with Gasteiger partial charge in [0.2, 0.25) is 0 Å². The zero-order valence-corrected chi connectivity index (χ0v) is 12.6. The van der Waals surface area contributed by atoms with Gasteiger partial charge in [0, 0.05) is 13.2 Å². The highest BCUT2D eigenvalue weighted by molar-refractivity contribution is 5.70. The Bertz CT molecular complexity index is 406. The SMILES string of the molecule is CCCNC(CC(=O)OCC)c1ccccc1COC. The molecule has 0 amide bonds. The predicted octanol–water partition coefficient (Wildman–Crippen LogP) is 2.83. The molecule has 0 aliphatic rings. The van der Waals surface area contributed by atoms with Gasteiger partial charge in [-0.2, -0.15) is 0 Å². The standard InChI is InChI=1S/C16H25NO3/c1-4-10-17-15(11-16(18)20-5-2)14-9-7-6-8-13(14)12-19-3/h6-9,15,17H,4-5,10-12H2,1-3H3. The first kappa shape index (κ1) is 16.7. The molecular formula is C16H25NO3. The number of hydrogen-bond acceptors (Lipinski definition) is 4. The molecule has 112 valence electrons. The van der Waals surface area contributed by atoms with Crippen molar-refractivity contribution < 1.29 is 14.3 Å². The van der Waals surface area contributed by atoms with Crippen molar-refractivity contribution in [3.05, 3.63) is 35.4 Å². The summed E-state index contributed by atoms with van der Waals surface area (Å²) < 4.78 is 10.3. The molecule has 0 heterocycles. The lowest BCUT2D eigenvalue weighted by Gasteiger charge is -2.21. The lowest BCUT2D eigenvalue weighted by atomic mass is 9.98. The monoisotopic (exact) mass is 279 g/mol. The number of esters is 1. The molecule has 0 radical (unpaired) electrons. The predicted molar refractivity (Wildman–Crippen MR) is 79.4 cm³/mol. The smallest absolute Gasteiger partial charge is 0.307 e. The quantitative estimate of drug-likeness (QED) is 0.706. The molecule has 1 N–H and O–H groups in total. The highest BCUT2D eigenvalue weighted by atomic mass is 16.5. The summed E-state index contributed by atoms with van der Waals surface area (Å²) in [6.07, 6.45) is 1.36. The van der Waals surface area contributed by atoms with Crippen molar-refractivity contribution in [3.8, 4) is 0 Å². The van der Waals surface area contributed by atoms with E-state index in [9.17, 15) is 4.79 Å². The number of ether oxygens (including phenoxy) is 2. The van der Waals surface area contributed by atoms with Crippen LogP contribution in [-0.2, 0) is 20.9 Å². The molecule has 0 fully saturated rings. The van der Waals surface area contributed by atoms with Crippen molar-refractivity contribution in [3.63, 3.8) is 0 Å². The second kappa shape index (κ2) is 9.50. The van der Waals surface area contributed by atoms with Crippen LogP contribution in [0.15, 0.2) is 24.3 Å². The summed E-state index contributed by atoms with van der Waals surface area (Å²) in [5.41, 5.74) is 2.21. The first-order valence-electron chi connectivity index (χ1n) is 7.18. The summed E-state index contributed by atoms with van der Waals surface area (Å²) in [5, 5.41) is 3.42. The molecule has 0 aliphatic carbocycles. The maximum Gasteiger partial charge on any atom is 0.307 e. The molecule has 1 aromatic carbocycles. The molecule has 0 aromatic heterocycles. The number of benzene rings is 1. The van der Waals surface area contributed by atoms with Crippen molar-refractivity contribution in [2.75, 3.05) is 20.3 Å². The lowest BCUT2D eigenvalue weighted by Crippen LogP contribution is -2.26. The number of carbonyl (C=O) groups is 1. The molecule has 1 atom stereocenters. The van der Waals surface area contributed by atoms with Crippen LogP contribution >= 0.6 is 0 Å². The number of hydrogen-bond donors (Lipinski definition) is 1. The number of rotatable bonds is 9. The van der Waals surface area contributed by atoms with Gasteiger partial charge in [0.25, 0.3) is 0 Å². The van der Waals surface area contributed by atoms with E-state index >= 15 is 0 Å². The minimum absolute atomic E-state index is 0.0275. The summed E-state index contributed by atoms with van der Waals surface area (Å²) >= 11 is 0. The molecule has 20 heavy (non-hydrogen) atoms. The Morgan fingerprint density at radius 1 is 1.30 bits per heavy atom. The van der Waals surface area contributed by atoms with Gasteiger partial charge < -0.3 is 14.8 Å². The van der Waals surface area contributed by atoms with Crippen molar-refractivity contribution in [2.45, 2.75) is 39.3 Å². The van der Waals surface area contributed by atoms with Crippen LogP contribution in [0.2, 0.25) is 0 Å². The van der Waals surface area contributed by atoms with Gasteiger partial charge in [-0.1, -0.05) is 31.2 Å². The molecule has 1 aromatic rings. The van der Waals surface area contributed by atoms with Crippen LogP contribution in [0.25, 0.3) is 0 Å². The van der Waals surface area contributed by atoms with E-state index in [2.05, 4.69) is 12.2 Å². The number of carbonyl (C=O) groups excluding carboxylic acids is 1. The third-order valence-electron chi connectivity index (χ3n) is 3.05. The molecular weight excluding hydrogens is 254 g/mol. The van der Waals surface area contributed by atoms with E-state index in [1.165, 1.54) is 0 Å². The number of nitrogens with one attached hydrogen (secondary N) is 1. The van der Waals surface area contributed by atoms with Crippen LogP contribution in [0.1, 0.15) is 43.9 Å². The van der Waals surface area contributed by atoms with Gasteiger partial charge in [0.15, 0.2) is 0 Å². The van der Waals surface area contributed by atoms with Gasteiger partial charge in [-0.25, -0.2) is 0 Å². The highest BCUT2D eigenvalue weighted by Crippen LogP contribution is 2.22. The third kappa shape index (κ3) is 5.31. The van der Waals surface area contributed by atoms with E-state index in [1.54, 1.807) is 7.11 Å². The summed E-state index contributed by atoms with van der Waals surface area (Å²) in [6.45, 7) is 5.76. The Morgan fingerprint density at radius 2 is 2.05 bits per heavy atom. The van der Waals surface area contributed by atoms with Crippen LogP contribution < -0.4 is 5.32 Å². The topological polar surface area (TPSA) is 47.6 Å². The molecule has 0 bridgehead atoms. The minimum Gasteiger partial charge on any atom is -0.466 e. The molecule has 0 aliphatic heterocycles. The Morgan fingerprint density at radius 3 is 2.70 bits per heavy atom. The summed E-state index contributed by atoms with van der Waals surface area (Å²) in [6, 6.07) is 8.02. The lowest BCUT2D eigenvalue weighted by molar-refractivity contribution is -0.143. The molecule has 0 saturated carbocycles. The van der Waals surface area contributed by atoms with E-state index in [0.29, 0.717) is 19.6 Å². The summed E-state index contributed by atoms with van der Waals surface area (Å²) in [4.78, 5) is 11.8. The van der Waals surface area contributed by atoms with Crippen molar-refractivity contribution in [1.29, 1.82) is 0 Å². The van der Waals surface area contributed by atoms with Crippen LogP contribution in [0.4, 0.5) is 0 Å². The second-order valence-corrected chi connectivity index (χ2v) is 4.65. The normalized spacial score (nSPS) is 12.2. The average Bonchev–Trinajstić information content (AvgIpc) is 2.45. The van der Waals surface area contributed by atoms with Crippen LogP contribution in [0.3, 0.4) is 0 Å². The van der Waals surface area contributed by atoms with Gasteiger partial charge in [-0.05, 0) is 31.0 Å². The van der Waals surface area contributed by atoms with Gasteiger partial charge in [-0.3, -0.25) is 4.79 Å². The number of methoxy groups -OCH3 is 1. The first-order valence-corrected chi connectivity index (χ1v) is 7.18. The fourth-order valence-electron chi connectivity index (χ4n) is 2.16. The van der Waals surface area contributed by atoms with Gasteiger partial charge >= 0.3 is 5.97 Å². The van der Waals surface area contributed by atoms with E-state index in [0.717, 1.165) is 24.1 Å². The highest BCUT2D eigenvalue weighted by Gasteiger charge is 2.18. The first-order chi connectivity index (χ1) is 9.72. The van der Waals surface area contributed by atoms with Crippen LogP contribution in [0, 0.1) is 0 Å². The van der Waals surface area contributed by atoms with E-state index in [1.807, 2.05) is 31.2 Å². The Balaban J connectivity index is 2.88. The van der Waals surface area contributed by atoms with E-state index < -0.39 is 0 Å². The van der Waals surface area contributed by atoms with Gasteiger partial charge in [0.1, 0.15) is 0 Å². The minimum atomic E-state index is -0.173. The third-order valence-corrected chi connectivity index (χ3v) is 3.05. The van der Waals surface area contributed by atoms with E-state index in [-0.39, 0.29) is 12.0 Å². The van der Waals surface area contributed by atoms with Crippen LogP contribution in [-0.4, -0.2) is 26.2 Å². The largest absolute Gasteiger partial charge is 0.466 e. The van der Waals surface area contributed by atoms with Crippen molar-refractivity contribution in [1.82, 2.24) is 5.32 Å². The fraction of sp³-hybridized carbons (Fsp3) is 0.562. The van der Waals surface area contributed by atoms with Crippen molar-refractivity contribution >= 4 is 5.97 Å². The zero-order valence-electron chi connectivity index (χ0n) is 12.6. The van der Waals surface area contributed by atoms with Crippen molar-refractivity contribution in [2.24, 2.45) is 0 Å². The summed E-state index contributed by atoms with van der Waals surface area (Å²) in [7, 11) is 1.68. The second-order valence-electron chi connectivity index (χ2n) is 4.65.